The van der Waals surface area contributed by atoms with Crippen LogP contribution < -0.4 is 0 Å². The predicted octanol–water partition coefficient (Wildman–Crippen LogP) is 6.28. The fraction of sp³-hybridized carbons (Fsp3) is 0.286. The lowest BCUT2D eigenvalue weighted by molar-refractivity contribution is 0.104. The van der Waals surface area contributed by atoms with Gasteiger partial charge < -0.3 is 4.57 Å². The van der Waals surface area contributed by atoms with Crippen LogP contribution in [0.1, 0.15) is 55.1 Å². The van der Waals surface area contributed by atoms with Crippen molar-refractivity contribution in [2.45, 2.75) is 39.2 Å². The van der Waals surface area contributed by atoms with Gasteiger partial charge in [0, 0.05) is 34.3 Å². The zero-order chi connectivity index (χ0) is 17.1. The van der Waals surface area contributed by atoms with Gasteiger partial charge in [0.25, 0.3) is 0 Å². The van der Waals surface area contributed by atoms with Crippen LogP contribution in [0, 0.1) is 0 Å². The van der Waals surface area contributed by atoms with Crippen LogP contribution in [0.2, 0.25) is 5.02 Å². The van der Waals surface area contributed by atoms with E-state index in [0.29, 0.717) is 16.6 Å². The lowest BCUT2D eigenvalue weighted by atomic mass is 10.0. The van der Waals surface area contributed by atoms with Gasteiger partial charge in [0.05, 0.1) is 5.02 Å². The summed E-state index contributed by atoms with van der Waals surface area (Å²) in [4.78, 5) is 13.0. The van der Waals surface area contributed by atoms with Gasteiger partial charge in [-0.05, 0) is 31.5 Å². The molecule has 124 valence electrons. The highest BCUT2D eigenvalue weighted by molar-refractivity contribution is 6.35. The van der Waals surface area contributed by atoms with Gasteiger partial charge in [0.1, 0.15) is 0 Å². The van der Waals surface area contributed by atoms with Crippen molar-refractivity contribution in [3.8, 4) is 0 Å². The molecule has 0 bridgehead atoms. The van der Waals surface area contributed by atoms with Crippen LogP contribution in [0.5, 0.6) is 0 Å². The van der Waals surface area contributed by atoms with Crippen molar-refractivity contribution in [1.82, 2.24) is 4.57 Å². The van der Waals surface area contributed by atoms with Gasteiger partial charge in [-0.3, -0.25) is 4.79 Å². The van der Waals surface area contributed by atoms with Crippen LogP contribution in [0.3, 0.4) is 0 Å². The molecule has 0 aliphatic heterocycles. The number of nitrogens with zero attached hydrogens (tertiary/aromatic N) is 1. The fourth-order valence-corrected chi connectivity index (χ4v) is 3.40. The van der Waals surface area contributed by atoms with E-state index in [0.717, 1.165) is 22.9 Å². The van der Waals surface area contributed by atoms with Crippen LogP contribution in [0.25, 0.3) is 10.9 Å². The van der Waals surface area contributed by atoms with E-state index in [1.807, 2.05) is 36.5 Å². The highest BCUT2D eigenvalue weighted by atomic mass is 35.5. The Hall–Kier alpha value is -2.06. The maximum Gasteiger partial charge on any atom is 0.196 e. The smallest absolute Gasteiger partial charge is 0.196 e. The Morgan fingerprint density at radius 3 is 2.54 bits per heavy atom. The molecule has 0 N–H and O–H groups in total. The molecule has 24 heavy (non-hydrogen) atoms. The van der Waals surface area contributed by atoms with E-state index in [1.54, 1.807) is 12.1 Å². The maximum absolute atomic E-state index is 13.0. The fourth-order valence-electron chi connectivity index (χ4n) is 3.18. The number of para-hydroxylation sites is 1. The number of halogens is 1. The van der Waals surface area contributed by atoms with E-state index in [2.05, 4.69) is 24.5 Å². The van der Waals surface area contributed by atoms with Crippen molar-refractivity contribution >= 4 is 28.3 Å². The normalized spacial score (nSPS) is 12.5. The molecule has 3 rings (SSSR count). The molecule has 0 radical (unpaired) electrons. The van der Waals surface area contributed by atoms with Crippen LogP contribution in [-0.4, -0.2) is 10.4 Å². The quantitative estimate of drug-likeness (QED) is 0.484. The summed E-state index contributed by atoms with van der Waals surface area (Å²) in [7, 11) is 0. The van der Waals surface area contributed by atoms with Gasteiger partial charge in [-0.15, -0.1) is 0 Å². The Kier molecular flexibility index (Phi) is 5.06. The van der Waals surface area contributed by atoms with Crippen molar-refractivity contribution in [2.75, 3.05) is 0 Å². The van der Waals surface area contributed by atoms with Gasteiger partial charge >= 0.3 is 0 Å². The molecule has 0 fully saturated rings. The summed E-state index contributed by atoms with van der Waals surface area (Å²) in [5.41, 5.74) is 2.39. The number of carbonyl (C=O) groups excluding carboxylic acids is 1. The topological polar surface area (TPSA) is 22.0 Å². The van der Waals surface area contributed by atoms with Gasteiger partial charge in [0.2, 0.25) is 0 Å². The molecule has 0 aliphatic rings. The number of rotatable bonds is 6. The van der Waals surface area contributed by atoms with Crippen molar-refractivity contribution in [1.29, 1.82) is 0 Å². The van der Waals surface area contributed by atoms with Gasteiger partial charge in [0.15, 0.2) is 5.78 Å². The highest BCUT2D eigenvalue weighted by Crippen LogP contribution is 2.30. The Balaban J connectivity index is 2.09. The summed E-state index contributed by atoms with van der Waals surface area (Å²) < 4.78 is 2.23. The first kappa shape index (κ1) is 16.8. The van der Waals surface area contributed by atoms with Crippen molar-refractivity contribution in [2.24, 2.45) is 0 Å². The minimum atomic E-state index is -0.0155. The zero-order valence-electron chi connectivity index (χ0n) is 14.1. The largest absolute Gasteiger partial charge is 0.344 e. The average Bonchev–Trinajstić information content (AvgIpc) is 2.99. The van der Waals surface area contributed by atoms with E-state index in [4.69, 9.17) is 11.6 Å². The molecule has 3 aromatic rings. The number of hydrogen-bond donors (Lipinski definition) is 0. The predicted molar refractivity (Wildman–Crippen MR) is 101 cm³/mol. The van der Waals surface area contributed by atoms with Crippen LogP contribution in [-0.2, 0) is 0 Å². The molecular formula is C21H22ClNO. The molecule has 2 nitrogen and oxygen atoms in total. The maximum atomic E-state index is 13.0. The summed E-state index contributed by atoms with van der Waals surface area (Å²) in [5, 5.41) is 1.49. The number of benzene rings is 2. The van der Waals surface area contributed by atoms with E-state index >= 15 is 0 Å². The number of ketones is 1. The summed E-state index contributed by atoms with van der Waals surface area (Å²) in [6, 6.07) is 15.7. The van der Waals surface area contributed by atoms with Crippen LogP contribution in [0.15, 0.2) is 54.7 Å². The lowest BCUT2D eigenvalue weighted by Crippen LogP contribution is -2.04. The van der Waals surface area contributed by atoms with E-state index < -0.39 is 0 Å². The Morgan fingerprint density at radius 1 is 1.08 bits per heavy atom. The third kappa shape index (κ3) is 3.11. The Labute approximate surface area is 148 Å². The van der Waals surface area contributed by atoms with Gasteiger partial charge in [-0.2, -0.15) is 0 Å². The van der Waals surface area contributed by atoms with E-state index in [-0.39, 0.29) is 5.78 Å². The van der Waals surface area contributed by atoms with Crippen molar-refractivity contribution in [3.05, 3.63) is 70.9 Å². The molecule has 2 aromatic carbocycles. The molecular weight excluding hydrogens is 318 g/mol. The second-order valence-electron chi connectivity index (χ2n) is 6.27. The third-order valence-corrected chi connectivity index (χ3v) is 4.88. The first-order chi connectivity index (χ1) is 11.6. The molecule has 1 heterocycles. The van der Waals surface area contributed by atoms with Crippen molar-refractivity contribution < 1.29 is 4.79 Å². The minimum absolute atomic E-state index is 0.0155. The van der Waals surface area contributed by atoms with Crippen LogP contribution in [0.4, 0.5) is 0 Å². The average molecular weight is 340 g/mol. The number of carbonyl (C=O) groups is 1. The molecule has 0 amide bonds. The molecule has 1 unspecified atom stereocenters. The molecule has 0 spiro atoms. The summed E-state index contributed by atoms with van der Waals surface area (Å²) in [5.74, 6) is -0.0155. The first-order valence-corrected chi connectivity index (χ1v) is 8.90. The highest BCUT2D eigenvalue weighted by Gasteiger charge is 2.20. The zero-order valence-corrected chi connectivity index (χ0v) is 14.9. The standard InChI is InChI=1S/C21H22ClNO/c1-3-4-9-15(2)23-14-18(16-10-6-8-13-20(16)23)21(24)17-11-5-7-12-19(17)22/h5-8,10-15H,3-4,9H2,1-2H3. The molecule has 1 atom stereocenters. The number of unbranched alkanes of at least 4 members (excludes halogenated alkanes) is 1. The first-order valence-electron chi connectivity index (χ1n) is 8.52. The second-order valence-corrected chi connectivity index (χ2v) is 6.67. The number of hydrogen-bond acceptors (Lipinski definition) is 1. The monoisotopic (exact) mass is 339 g/mol. The van der Waals surface area contributed by atoms with Gasteiger partial charge in [-0.25, -0.2) is 0 Å². The molecule has 0 saturated heterocycles. The Bertz CT molecular complexity index is 865. The second kappa shape index (κ2) is 7.23. The lowest BCUT2D eigenvalue weighted by Gasteiger charge is -2.14. The number of aromatic nitrogens is 1. The molecule has 3 heteroatoms. The van der Waals surface area contributed by atoms with Crippen molar-refractivity contribution in [3.63, 3.8) is 0 Å². The minimum Gasteiger partial charge on any atom is -0.344 e. The summed E-state index contributed by atoms with van der Waals surface area (Å²) in [6.07, 6.45) is 5.46. The SMILES string of the molecule is CCCCC(C)n1cc(C(=O)c2ccccc2Cl)c2ccccc21. The molecule has 0 aliphatic carbocycles. The van der Waals surface area contributed by atoms with E-state index in [9.17, 15) is 4.79 Å². The number of fused-ring (bicyclic) bond motifs is 1. The summed E-state index contributed by atoms with van der Waals surface area (Å²) >= 11 is 6.23. The van der Waals surface area contributed by atoms with Crippen LogP contribution >= 0.6 is 11.6 Å². The third-order valence-electron chi connectivity index (χ3n) is 4.55. The Morgan fingerprint density at radius 2 is 1.79 bits per heavy atom. The van der Waals surface area contributed by atoms with Gasteiger partial charge in [-0.1, -0.05) is 61.7 Å². The molecule has 0 saturated carbocycles. The summed E-state index contributed by atoms with van der Waals surface area (Å²) in [6.45, 7) is 4.42. The molecule has 1 aromatic heterocycles. The van der Waals surface area contributed by atoms with E-state index in [1.165, 1.54) is 12.8 Å².